The molecule has 0 radical (unpaired) electrons. The summed E-state index contributed by atoms with van der Waals surface area (Å²) in [5, 5.41) is 21.2. The van der Waals surface area contributed by atoms with Crippen LogP contribution in [0.4, 0.5) is 18.9 Å². The molecule has 3 N–H and O–H groups in total. The second-order valence-electron chi connectivity index (χ2n) is 4.20. The van der Waals surface area contributed by atoms with Crippen molar-refractivity contribution in [3.05, 3.63) is 53.6 Å². The summed E-state index contributed by atoms with van der Waals surface area (Å²) in [6.07, 6.45) is -4.53. The Morgan fingerprint density at radius 1 is 1.00 bits per heavy atom. The first-order valence-electron chi connectivity index (χ1n) is 5.78. The van der Waals surface area contributed by atoms with Crippen LogP contribution in [0.25, 0.3) is 0 Å². The van der Waals surface area contributed by atoms with Crippen LogP contribution in [0.15, 0.2) is 42.5 Å². The van der Waals surface area contributed by atoms with Crippen molar-refractivity contribution in [1.82, 2.24) is 0 Å². The van der Waals surface area contributed by atoms with Crippen molar-refractivity contribution in [1.29, 1.82) is 0 Å². The number of anilines is 1. The average molecular weight is 297 g/mol. The molecule has 0 fully saturated rings. The normalized spacial score (nSPS) is 11.2. The fourth-order valence-electron chi connectivity index (χ4n) is 1.73. The lowest BCUT2D eigenvalue weighted by Crippen LogP contribution is -2.13. The Labute approximate surface area is 117 Å². The lowest BCUT2D eigenvalue weighted by atomic mass is 10.1. The van der Waals surface area contributed by atoms with Gasteiger partial charge in [-0.15, -0.1) is 0 Å². The summed E-state index contributed by atoms with van der Waals surface area (Å²) in [6.45, 7) is 0. The number of alkyl halides is 3. The summed E-state index contributed by atoms with van der Waals surface area (Å²) in [5.41, 5.74) is -1.42. The monoisotopic (exact) mass is 297 g/mol. The summed E-state index contributed by atoms with van der Waals surface area (Å²) in [7, 11) is 0. The van der Waals surface area contributed by atoms with Crippen molar-refractivity contribution in [2.75, 3.05) is 5.32 Å². The molecule has 2 aromatic rings. The molecule has 7 heteroatoms. The van der Waals surface area contributed by atoms with Crippen LogP contribution in [-0.4, -0.2) is 16.1 Å². The molecular weight excluding hydrogens is 287 g/mol. The Morgan fingerprint density at radius 2 is 1.57 bits per heavy atom. The van der Waals surface area contributed by atoms with Crippen LogP contribution < -0.4 is 5.32 Å². The third kappa shape index (κ3) is 3.25. The van der Waals surface area contributed by atoms with E-state index in [9.17, 15) is 28.2 Å². The highest BCUT2D eigenvalue weighted by Gasteiger charge is 2.30. The summed E-state index contributed by atoms with van der Waals surface area (Å²) >= 11 is 0. The second-order valence-corrected chi connectivity index (χ2v) is 4.20. The molecule has 0 saturated heterocycles. The Bertz CT molecular complexity index is 663. The molecule has 21 heavy (non-hydrogen) atoms. The molecule has 1 amide bonds. The number of carbonyl (C=O) groups excluding carboxylic acids is 1. The summed E-state index contributed by atoms with van der Waals surface area (Å²) in [6, 6.07) is 7.72. The van der Waals surface area contributed by atoms with Gasteiger partial charge in [-0.1, -0.05) is 12.1 Å². The van der Waals surface area contributed by atoms with Crippen molar-refractivity contribution < 1.29 is 28.2 Å². The molecule has 0 spiro atoms. The van der Waals surface area contributed by atoms with Gasteiger partial charge in [-0.25, -0.2) is 0 Å². The molecule has 0 aliphatic carbocycles. The van der Waals surface area contributed by atoms with Gasteiger partial charge in [0.25, 0.3) is 5.91 Å². The number of phenolic OH excluding ortho intramolecular Hbond substituents is 2. The molecule has 110 valence electrons. The van der Waals surface area contributed by atoms with E-state index in [2.05, 4.69) is 5.32 Å². The molecule has 0 heterocycles. The number of nitrogens with one attached hydrogen (secondary N) is 1. The molecule has 0 aliphatic rings. The van der Waals surface area contributed by atoms with Gasteiger partial charge in [-0.2, -0.15) is 13.2 Å². The molecule has 0 saturated carbocycles. The first-order valence-corrected chi connectivity index (χ1v) is 5.78. The van der Waals surface area contributed by atoms with Gasteiger partial charge in [0.2, 0.25) is 0 Å². The Kier molecular flexibility index (Phi) is 3.75. The molecule has 0 aliphatic heterocycles. The van der Waals surface area contributed by atoms with Gasteiger partial charge in [0, 0.05) is 5.69 Å². The molecule has 2 aromatic carbocycles. The molecular formula is C14H10F3NO3. The van der Waals surface area contributed by atoms with Crippen molar-refractivity contribution in [3.8, 4) is 11.5 Å². The highest BCUT2D eigenvalue weighted by Crippen LogP contribution is 2.31. The molecule has 2 rings (SSSR count). The van der Waals surface area contributed by atoms with Crippen molar-refractivity contribution in [2.45, 2.75) is 6.18 Å². The highest BCUT2D eigenvalue weighted by molar-refractivity contribution is 6.08. The first kappa shape index (κ1) is 14.7. The number of hydrogen-bond acceptors (Lipinski definition) is 3. The lowest BCUT2D eigenvalue weighted by Gasteiger charge is -2.11. The SMILES string of the molecule is O=C(Nc1cccc(C(F)(F)F)c1)c1c(O)cccc1O. The smallest absolute Gasteiger partial charge is 0.416 e. The maximum absolute atomic E-state index is 12.6. The lowest BCUT2D eigenvalue weighted by molar-refractivity contribution is -0.137. The zero-order chi connectivity index (χ0) is 15.6. The summed E-state index contributed by atoms with van der Waals surface area (Å²) in [5.74, 6) is -1.86. The molecule has 0 atom stereocenters. The van der Waals surface area contributed by atoms with Gasteiger partial charge < -0.3 is 15.5 Å². The van der Waals surface area contributed by atoms with Gasteiger partial charge >= 0.3 is 6.18 Å². The van der Waals surface area contributed by atoms with E-state index in [1.165, 1.54) is 24.3 Å². The van der Waals surface area contributed by atoms with Crippen LogP contribution >= 0.6 is 0 Å². The summed E-state index contributed by atoms with van der Waals surface area (Å²) < 4.78 is 37.7. The predicted molar refractivity (Wildman–Crippen MR) is 69.2 cm³/mol. The predicted octanol–water partition coefficient (Wildman–Crippen LogP) is 3.37. The van der Waals surface area contributed by atoms with E-state index < -0.39 is 34.7 Å². The number of halogens is 3. The standard InChI is InChI=1S/C14H10F3NO3/c15-14(16,17)8-3-1-4-9(7-8)18-13(21)12-10(19)5-2-6-11(12)20/h1-7,19-20H,(H,18,21). The molecule has 0 aromatic heterocycles. The van der Waals surface area contributed by atoms with Gasteiger partial charge in [-0.3, -0.25) is 4.79 Å². The minimum absolute atomic E-state index is 0.0996. The third-order valence-electron chi connectivity index (χ3n) is 2.70. The van der Waals surface area contributed by atoms with Crippen LogP contribution in [0.1, 0.15) is 15.9 Å². The van der Waals surface area contributed by atoms with Crippen LogP contribution in [-0.2, 0) is 6.18 Å². The van der Waals surface area contributed by atoms with Crippen molar-refractivity contribution in [2.24, 2.45) is 0 Å². The molecule has 4 nitrogen and oxygen atoms in total. The molecule has 0 bridgehead atoms. The van der Waals surface area contributed by atoms with E-state index in [0.29, 0.717) is 0 Å². The van der Waals surface area contributed by atoms with Gasteiger partial charge in [0.05, 0.1) is 5.56 Å². The molecule has 0 unspecified atom stereocenters. The number of rotatable bonds is 2. The topological polar surface area (TPSA) is 69.6 Å². The van der Waals surface area contributed by atoms with E-state index in [4.69, 9.17) is 0 Å². The van der Waals surface area contributed by atoms with Crippen LogP contribution in [0, 0.1) is 0 Å². The zero-order valence-electron chi connectivity index (χ0n) is 10.5. The van der Waals surface area contributed by atoms with Gasteiger partial charge in [-0.05, 0) is 30.3 Å². The highest BCUT2D eigenvalue weighted by atomic mass is 19.4. The Hall–Kier alpha value is -2.70. The number of hydrogen-bond donors (Lipinski definition) is 3. The van der Waals surface area contributed by atoms with Gasteiger partial charge in [0.15, 0.2) is 0 Å². The Balaban J connectivity index is 2.28. The minimum atomic E-state index is -4.53. The van der Waals surface area contributed by atoms with Crippen molar-refractivity contribution in [3.63, 3.8) is 0 Å². The Morgan fingerprint density at radius 3 is 2.14 bits per heavy atom. The van der Waals surface area contributed by atoms with Crippen LogP contribution in [0.5, 0.6) is 11.5 Å². The fraction of sp³-hybridized carbons (Fsp3) is 0.0714. The quantitative estimate of drug-likeness (QED) is 0.796. The van der Waals surface area contributed by atoms with Gasteiger partial charge in [0.1, 0.15) is 17.1 Å². The maximum Gasteiger partial charge on any atom is 0.416 e. The van der Waals surface area contributed by atoms with E-state index in [0.717, 1.165) is 18.2 Å². The number of amides is 1. The minimum Gasteiger partial charge on any atom is -0.507 e. The first-order chi connectivity index (χ1) is 9.79. The maximum atomic E-state index is 12.6. The zero-order valence-corrected chi connectivity index (χ0v) is 10.5. The number of aromatic hydroxyl groups is 2. The number of benzene rings is 2. The van der Waals surface area contributed by atoms with Crippen molar-refractivity contribution >= 4 is 11.6 Å². The second kappa shape index (κ2) is 5.35. The number of carbonyl (C=O) groups is 1. The number of phenols is 2. The van der Waals surface area contributed by atoms with E-state index in [-0.39, 0.29) is 5.69 Å². The average Bonchev–Trinajstić information content (AvgIpc) is 2.37. The third-order valence-corrected chi connectivity index (χ3v) is 2.70. The van der Waals surface area contributed by atoms with E-state index in [1.54, 1.807) is 0 Å². The van der Waals surface area contributed by atoms with Crippen LogP contribution in [0.3, 0.4) is 0 Å². The van der Waals surface area contributed by atoms with E-state index >= 15 is 0 Å². The van der Waals surface area contributed by atoms with E-state index in [1.807, 2.05) is 0 Å². The summed E-state index contributed by atoms with van der Waals surface area (Å²) in [4.78, 5) is 11.9. The van der Waals surface area contributed by atoms with Crippen LogP contribution in [0.2, 0.25) is 0 Å². The largest absolute Gasteiger partial charge is 0.507 e. The fourth-order valence-corrected chi connectivity index (χ4v) is 1.73.